The lowest BCUT2D eigenvalue weighted by atomic mass is 10.1. The average molecular weight is 253 g/mol. The first-order valence-corrected chi connectivity index (χ1v) is 6.58. The third-order valence-corrected chi connectivity index (χ3v) is 3.09. The van der Waals surface area contributed by atoms with Gasteiger partial charge in [-0.15, -0.1) is 0 Å². The first kappa shape index (κ1) is 13.5. The molecule has 18 heavy (non-hydrogen) atoms. The van der Waals surface area contributed by atoms with Gasteiger partial charge < -0.3 is 19.4 Å². The number of nitrogens with zero attached hydrogens (tertiary/aromatic N) is 2. The van der Waals surface area contributed by atoms with Gasteiger partial charge in [0.25, 0.3) is 0 Å². The van der Waals surface area contributed by atoms with Crippen LogP contribution in [0.4, 0.5) is 0 Å². The van der Waals surface area contributed by atoms with Crippen LogP contribution in [-0.2, 0) is 16.0 Å². The number of aromatic nitrogens is 2. The average Bonchev–Trinajstić information content (AvgIpc) is 2.77. The number of hydrogen-bond donors (Lipinski definition) is 1. The Balaban J connectivity index is 2.07. The number of morpholine rings is 1. The van der Waals surface area contributed by atoms with Gasteiger partial charge in [-0.3, -0.25) is 0 Å². The zero-order valence-corrected chi connectivity index (χ0v) is 11.5. The maximum atomic E-state index is 5.77. The molecule has 2 rings (SSSR count). The predicted molar refractivity (Wildman–Crippen MR) is 69.5 cm³/mol. The Morgan fingerprint density at radius 3 is 3.11 bits per heavy atom. The molecule has 2 heterocycles. The summed E-state index contributed by atoms with van der Waals surface area (Å²) < 4.78 is 13.6. The second-order valence-corrected chi connectivity index (χ2v) is 5.20. The van der Waals surface area contributed by atoms with E-state index in [1.54, 1.807) is 0 Å². The van der Waals surface area contributed by atoms with Crippen LogP contribution in [0.1, 0.15) is 32.6 Å². The highest BCUT2D eigenvalue weighted by Gasteiger charge is 2.24. The Labute approximate surface area is 108 Å². The van der Waals surface area contributed by atoms with Crippen LogP contribution < -0.4 is 5.32 Å². The lowest BCUT2D eigenvalue weighted by Crippen LogP contribution is -2.36. The molecule has 102 valence electrons. The van der Waals surface area contributed by atoms with E-state index < -0.39 is 0 Å². The molecule has 0 aromatic carbocycles. The largest absolute Gasteiger partial charge is 0.374 e. The molecule has 0 amide bonds. The van der Waals surface area contributed by atoms with Crippen LogP contribution in [0.15, 0.2) is 12.5 Å². The minimum absolute atomic E-state index is 0.0960. The van der Waals surface area contributed by atoms with Crippen molar-refractivity contribution in [2.45, 2.75) is 39.0 Å². The van der Waals surface area contributed by atoms with E-state index in [1.807, 2.05) is 19.4 Å². The Bertz CT molecular complexity index is 370. The maximum Gasteiger partial charge on any atom is 0.111 e. The summed E-state index contributed by atoms with van der Waals surface area (Å²) in [5.74, 6) is 0. The van der Waals surface area contributed by atoms with Crippen LogP contribution in [0.3, 0.4) is 0 Å². The van der Waals surface area contributed by atoms with Gasteiger partial charge in [-0.2, -0.15) is 0 Å². The van der Waals surface area contributed by atoms with Crippen LogP contribution in [0.25, 0.3) is 0 Å². The molecular formula is C13H23N3O2. The molecule has 0 aliphatic carbocycles. The van der Waals surface area contributed by atoms with Gasteiger partial charge in [0.15, 0.2) is 0 Å². The zero-order valence-electron chi connectivity index (χ0n) is 11.5. The molecule has 1 aliphatic heterocycles. The highest BCUT2D eigenvalue weighted by molar-refractivity contribution is 5.05. The van der Waals surface area contributed by atoms with E-state index in [4.69, 9.17) is 9.47 Å². The Morgan fingerprint density at radius 1 is 1.61 bits per heavy atom. The van der Waals surface area contributed by atoms with E-state index in [0.717, 1.165) is 38.5 Å². The molecule has 5 heteroatoms. The van der Waals surface area contributed by atoms with Gasteiger partial charge in [0.2, 0.25) is 0 Å². The zero-order chi connectivity index (χ0) is 13.0. The fraction of sp³-hybridized carbons (Fsp3) is 0.769. The van der Waals surface area contributed by atoms with Crippen molar-refractivity contribution in [3.63, 3.8) is 0 Å². The molecule has 0 spiro atoms. The molecule has 1 aromatic heterocycles. The molecule has 1 saturated heterocycles. The fourth-order valence-corrected chi connectivity index (χ4v) is 2.33. The minimum atomic E-state index is -0.188. The van der Waals surface area contributed by atoms with Crippen molar-refractivity contribution in [3.05, 3.63) is 18.2 Å². The van der Waals surface area contributed by atoms with Gasteiger partial charge in [-0.25, -0.2) is 4.98 Å². The summed E-state index contributed by atoms with van der Waals surface area (Å²) in [4.78, 5) is 4.24. The molecular weight excluding hydrogens is 230 g/mol. The third kappa shape index (κ3) is 3.31. The highest BCUT2D eigenvalue weighted by Crippen LogP contribution is 2.21. The molecule has 5 nitrogen and oxygen atoms in total. The highest BCUT2D eigenvalue weighted by atomic mass is 16.5. The summed E-state index contributed by atoms with van der Waals surface area (Å²) in [5.41, 5.74) is 0.932. The number of ether oxygens (including phenoxy) is 2. The Morgan fingerprint density at radius 2 is 2.44 bits per heavy atom. The van der Waals surface area contributed by atoms with Crippen LogP contribution in [-0.4, -0.2) is 41.5 Å². The summed E-state index contributed by atoms with van der Waals surface area (Å²) in [6.07, 6.45) is 3.84. The molecule has 0 saturated carbocycles. The van der Waals surface area contributed by atoms with Gasteiger partial charge in [0.1, 0.15) is 6.10 Å². The topological polar surface area (TPSA) is 48.3 Å². The quantitative estimate of drug-likeness (QED) is 0.861. The van der Waals surface area contributed by atoms with Crippen molar-refractivity contribution in [1.82, 2.24) is 14.9 Å². The van der Waals surface area contributed by atoms with Crippen LogP contribution in [0.2, 0.25) is 0 Å². The van der Waals surface area contributed by atoms with Crippen LogP contribution >= 0.6 is 0 Å². The first-order valence-electron chi connectivity index (χ1n) is 6.58. The van der Waals surface area contributed by atoms with Gasteiger partial charge >= 0.3 is 0 Å². The van der Waals surface area contributed by atoms with E-state index >= 15 is 0 Å². The van der Waals surface area contributed by atoms with Crippen LogP contribution in [0, 0.1) is 0 Å². The summed E-state index contributed by atoms with van der Waals surface area (Å²) in [5, 5.41) is 3.34. The lowest BCUT2D eigenvalue weighted by molar-refractivity contribution is -0.0265. The molecule has 1 aliphatic rings. The molecule has 0 bridgehead atoms. The molecule has 1 atom stereocenters. The summed E-state index contributed by atoms with van der Waals surface area (Å²) >= 11 is 0. The van der Waals surface area contributed by atoms with Gasteiger partial charge in [-0.1, -0.05) is 0 Å². The van der Waals surface area contributed by atoms with E-state index in [2.05, 4.69) is 28.7 Å². The maximum absolute atomic E-state index is 5.77. The molecule has 1 aromatic rings. The van der Waals surface area contributed by atoms with Gasteiger partial charge in [0.05, 0.1) is 37.0 Å². The predicted octanol–water partition coefficient (Wildman–Crippen LogP) is 1.36. The van der Waals surface area contributed by atoms with E-state index in [1.165, 1.54) is 0 Å². The van der Waals surface area contributed by atoms with Crippen molar-refractivity contribution in [2.24, 2.45) is 0 Å². The van der Waals surface area contributed by atoms with Crippen LogP contribution in [0.5, 0.6) is 0 Å². The Kier molecular flexibility index (Phi) is 4.37. The van der Waals surface area contributed by atoms with Gasteiger partial charge in [-0.05, 0) is 20.8 Å². The molecule has 1 unspecified atom stereocenters. The third-order valence-electron chi connectivity index (χ3n) is 3.09. The SMILES string of the molecule is CCOC(C)(C)Cn1cncc1C1CNCCO1. The fourth-order valence-electron chi connectivity index (χ4n) is 2.33. The molecule has 1 fully saturated rings. The summed E-state index contributed by atoms with van der Waals surface area (Å²) in [7, 11) is 0. The van der Waals surface area contributed by atoms with Crippen molar-refractivity contribution >= 4 is 0 Å². The minimum Gasteiger partial charge on any atom is -0.374 e. The number of rotatable bonds is 5. The van der Waals surface area contributed by atoms with E-state index in [0.29, 0.717) is 0 Å². The Hall–Kier alpha value is -0.910. The van der Waals surface area contributed by atoms with Crippen molar-refractivity contribution in [3.8, 4) is 0 Å². The summed E-state index contributed by atoms with van der Waals surface area (Å²) in [6, 6.07) is 0. The first-order chi connectivity index (χ1) is 8.62. The van der Waals surface area contributed by atoms with E-state index in [9.17, 15) is 0 Å². The second kappa shape index (κ2) is 5.82. The number of hydrogen-bond acceptors (Lipinski definition) is 4. The molecule has 1 N–H and O–H groups in total. The van der Waals surface area contributed by atoms with Crippen molar-refractivity contribution < 1.29 is 9.47 Å². The van der Waals surface area contributed by atoms with Gasteiger partial charge in [0, 0.05) is 19.7 Å². The molecule has 0 radical (unpaired) electrons. The second-order valence-electron chi connectivity index (χ2n) is 5.20. The normalized spacial score (nSPS) is 21.2. The van der Waals surface area contributed by atoms with E-state index in [-0.39, 0.29) is 11.7 Å². The lowest BCUT2D eigenvalue weighted by Gasteiger charge is -2.29. The number of nitrogens with one attached hydrogen (secondary N) is 1. The van der Waals surface area contributed by atoms with Crippen molar-refractivity contribution in [2.75, 3.05) is 26.3 Å². The van der Waals surface area contributed by atoms with Crippen molar-refractivity contribution in [1.29, 1.82) is 0 Å². The summed E-state index contributed by atoms with van der Waals surface area (Å²) in [6.45, 7) is 10.3. The smallest absolute Gasteiger partial charge is 0.111 e. The number of imidazole rings is 1. The monoisotopic (exact) mass is 253 g/mol. The standard InChI is InChI=1S/C13H23N3O2/c1-4-18-13(2,3)9-16-10-15-7-11(16)12-8-14-5-6-17-12/h7,10,12,14H,4-6,8-9H2,1-3H3.